The Morgan fingerprint density at radius 3 is 2.45 bits per heavy atom. The summed E-state index contributed by atoms with van der Waals surface area (Å²) in [5.74, 6) is -2.21. The van der Waals surface area contributed by atoms with E-state index in [1.54, 1.807) is 29.6 Å². The number of Topliss-reactive ketones (excluding diaryl/α,β-unsaturated/α-hetero) is 1. The van der Waals surface area contributed by atoms with Crippen LogP contribution in [0.2, 0.25) is 0 Å². The lowest BCUT2D eigenvalue weighted by molar-refractivity contribution is -0.0882. The Labute approximate surface area is 170 Å². The van der Waals surface area contributed by atoms with Crippen LogP contribution in [0.15, 0.2) is 35.7 Å². The van der Waals surface area contributed by atoms with Gasteiger partial charge in [0.05, 0.1) is 24.7 Å². The van der Waals surface area contributed by atoms with E-state index in [-0.39, 0.29) is 22.1 Å². The van der Waals surface area contributed by atoms with Crippen LogP contribution >= 0.6 is 22.7 Å². The number of alkyl halides is 3. The summed E-state index contributed by atoms with van der Waals surface area (Å²) >= 11 is 1.59. The zero-order chi connectivity index (χ0) is 21.2. The van der Waals surface area contributed by atoms with Gasteiger partial charge in [0.25, 0.3) is 11.7 Å². The van der Waals surface area contributed by atoms with Crippen LogP contribution in [0, 0.1) is 0 Å². The van der Waals surface area contributed by atoms with Gasteiger partial charge in [0.1, 0.15) is 10.6 Å². The number of benzene rings is 1. The number of carbonyl (C=O) groups excluding carboxylic acids is 2. The van der Waals surface area contributed by atoms with Crippen LogP contribution in [0.4, 0.5) is 18.3 Å². The van der Waals surface area contributed by atoms with Gasteiger partial charge in [0, 0.05) is 0 Å². The van der Waals surface area contributed by atoms with Crippen molar-refractivity contribution in [2.24, 2.45) is 0 Å². The zero-order valence-corrected chi connectivity index (χ0v) is 16.6. The number of rotatable bonds is 6. The van der Waals surface area contributed by atoms with Crippen molar-refractivity contribution in [3.05, 3.63) is 46.2 Å². The van der Waals surface area contributed by atoms with Crippen LogP contribution < -0.4 is 14.8 Å². The molecule has 152 valence electrons. The SMILES string of the molecule is COc1cccc(C(=O)Nc2nc(-c3cccs3)c(C(=O)C(F)(F)F)s2)c1OC. The minimum absolute atomic E-state index is 0.100. The number of para-hydroxylation sites is 1. The number of hydrogen-bond acceptors (Lipinski definition) is 7. The number of halogens is 3. The van der Waals surface area contributed by atoms with Crippen molar-refractivity contribution in [1.29, 1.82) is 0 Å². The molecule has 2 heterocycles. The molecule has 0 radical (unpaired) electrons. The van der Waals surface area contributed by atoms with E-state index in [0.29, 0.717) is 22.0 Å². The zero-order valence-electron chi connectivity index (χ0n) is 15.0. The van der Waals surface area contributed by atoms with Crippen molar-refractivity contribution >= 4 is 39.5 Å². The highest BCUT2D eigenvalue weighted by molar-refractivity contribution is 7.19. The van der Waals surface area contributed by atoms with Crippen LogP contribution in [0.1, 0.15) is 20.0 Å². The van der Waals surface area contributed by atoms with Gasteiger partial charge in [-0.15, -0.1) is 11.3 Å². The van der Waals surface area contributed by atoms with E-state index in [2.05, 4.69) is 10.3 Å². The fourth-order valence-corrected chi connectivity index (χ4v) is 4.19. The highest BCUT2D eigenvalue weighted by atomic mass is 32.1. The number of anilines is 1. The molecule has 0 saturated carbocycles. The molecule has 11 heteroatoms. The first-order valence-electron chi connectivity index (χ1n) is 7.94. The molecule has 29 heavy (non-hydrogen) atoms. The minimum Gasteiger partial charge on any atom is -0.493 e. The van der Waals surface area contributed by atoms with E-state index in [1.165, 1.54) is 20.3 Å². The lowest BCUT2D eigenvalue weighted by Gasteiger charge is -2.11. The second-order valence-corrected chi connectivity index (χ2v) is 7.44. The van der Waals surface area contributed by atoms with E-state index in [4.69, 9.17) is 9.47 Å². The van der Waals surface area contributed by atoms with Gasteiger partial charge >= 0.3 is 6.18 Å². The summed E-state index contributed by atoms with van der Waals surface area (Å²) in [5.41, 5.74) is -0.0244. The van der Waals surface area contributed by atoms with E-state index < -0.39 is 22.7 Å². The minimum atomic E-state index is -5.06. The maximum absolute atomic E-state index is 13.0. The molecule has 3 aromatic rings. The molecule has 1 amide bonds. The molecule has 0 aliphatic rings. The summed E-state index contributed by atoms with van der Waals surface area (Å²) in [7, 11) is 2.76. The number of aromatic nitrogens is 1. The maximum atomic E-state index is 13.0. The molecule has 0 unspecified atom stereocenters. The van der Waals surface area contributed by atoms with E-state index >= 15 is 0 Å². The lowest BCUT2D eigenvalue weighted by atomic mass is 10.1. The Morgan fingerprint density at radius 2 is 1.86 bits per heavy atom. The fourth-order valence-electron chi connectivity index (χ4n) is 2.47. The quantitative estimate of drug-likeness (QED) is 0.550. The van der Waals surface area contributed by atoms with Gasteiger partial charge < -0.3 is 9.47 Å². The highest BCUT2D eigenvalue weighted by Crippen LogP contribution is 2.38. The number of nitrogens with one attached hydrogen (secondary N) is 1. The van der Waals surface area contributed by atoms with Crippen LogP contribution in [0.25, 0.3) is 10.6 Å². The molecule has 6 nitrogen and oxygen atoms in total. The third-order valence-electron chi connectivity index (χ3n) is 3.71. The summed E-state index contributed by atoms with van der Waals surface area (Å²) in [5, 5.41) is 3.94. The summed E-state index contributed by atoms with van der Waals surface area (Å²) in [6.07, 6.45) is -5.06. The van der Waals surface area contributed by atoms with Crippen LogP contribution in [0.3, 0.4) is 0 Å². The fraction of sp³-hybridized carbons (Fsp3) is 0.167. The Morgan fingerprint density at radius 1 is 1.10 bits per heavy atom. The maximum Gasteiger partial charge on any atom is 0.455 e. The van der Waals surface area contributed by atoms with E-state index in [0.717, 1.165) is 11.3 Å². The summed E-state index contributed by atoms with van der Waals surface area (Å²) in [6.45, 7) is 0. The van der Waals surface area contributed by atoms with Crippen molar-refractivity contribution in [2.75, 3.05) is 19.5 Å². The molecule has 1 N–H and O–H groups in total. The van der Waals surface area contributed by atoms with Gasteiger partial charge in [0.15, 0.2) is 16.6 Å². The van der Waals surface area contributed by atoms with Crippen molar-refractivity contribution < 1.29 is 32.2 Å². The Kier molecular flexibility index (Phi) is 5.89. The van der Waals surface area contributed by atoms with Crippen LogP contribution in [0.5, 0.6) is 11.5 Å². The third-order valence-corrected chi connectivity index (χ3v) is 5.56. The second kappa shape index (κ2) is 8.21. The molecule has 0 aliphatic heterocycles. The second-order valence-electron chi connectivity index (χ2n) is 5.50. The number of ketones is 1. The molecule has 1 aromatic carbocycles. The Hall–Kier alpha value is -2.92. The van der Waals surface area contributed by atoms with Gasteiger partial charge in [-0.3, -0.25) is 14.9 Å². The molecule has 0 spiro atoms. The number of amides is 1. The monoisotopic (exact) mass is 442 g/mol. The summed E-state index contributed by atoms with van der Waals surface area (Å²) < 4.78 is 49.3. The molecule has 0 bridgehead atoms. The van der Waals surface area contributed by atoms with Crippen molar-refractivity contribution in [3.63, 3.8) is 0 Å². The average Bonchev–Trinajstić information content (AvgIpc) is 3.35. The summed E-state index contributed by atoms with van der Waals surface area (Å²) in [6, 6.07) is 7.79. The largest absolute Gasteiger partial charge is 0.493 e. The molecule has 3 rings (SSSR count). The smallest absolute Gasteiger partial charge is 0.455 e. The molecule has 0 saturated heterocycles. The molecular formula is C18H13F3N2O4S2. The topological polar surface area (TPSA) is 77.5 Å². The standard InChI is InChI=1S/C18H13F3N2O4S2/c1-26-10-6-3-5-9(13(10)27-2)16(25)23-17-22-12(11-7-4-8-28-11)14(29-17)15(24)18(19,20)21/h3-8H,1-2H3,(H,22,23,25). The van der Waals surface area contributed by atoms with Gasteiger partial charge in [0.2, 0.25) is 0 Å². The highest BCUT2D eigenvalue weighted by Gasteiger charge is 2.42. The average molecular weight is 442 g/mol. The van der Waals surface area contributed by atoms with Crippen molar-refractivity contribution in [3.8, 4) is 22.1 Å². The number of hydrogen-bond donors (Lipinski definition) is 1. The first-order chi connectivity index (χ1) is 13.8. The molecule has 2 aromatic heterocycles. The molecular weight excluding hydrogens is 429 g/mol. The number of thiophene rings is 1. The van der Waals surface area contributed by atoms with Gasteiger partial charge in [-0.2, -0.15) is 13.2 Å². The Bertz CT molecular complexity index is 1050. The van der Waals surface area contributed by atoms with Crippen LogP contribution in [-0.2, 0) is 0 Å². The molecule has 0 atom stereocenters. The predicted octanol–water partition coefficient (Wildman–Crippen LogP) is 4.89. The molecule has 0 fully saturated rings. The normalized spacial score (nSPS) is 11.2. The lowest BCUT2D eigenvalue weighted by Crippen LogP contribution is -2.22. The number of ether oxygens (including phenoxy) is 2. The van der Waals surface area contributed by atoms with Gasteiger partial charge in [-0.1, -0.05) is 23.5 Å². The Balaban J connectivity index is 1.99. The first-order valence-corrected chi connectivity index (χ1v) is 9.64. The number of thiazole rings is 1. The predicted molar refractivity (Wildman–Crippen MR) is 103 cm³/mol. The summed E-state index contributed by atoms with van der Waals surface area (Å²) in [4.78, 5) is 28.3. The first kappa shape index (κ1) is 20.8. The third kappa shape index (κ3) is 4.25. The van der Waals surface area contributed by atoms with Crippen LogP contribution in [-0.4, -0.2) is 37.1 Å². The number of nitrogens with zero attached hydrogens (tertiary/aromatic N) is 1. The number of methoxy groups -OCH3 is 2. The van der Waals surface area contributed by atoms with Gasteiger partial charge in [-0.25, -0.2) is 4.98 Å². The van der Waals surface area contributed by atoms with E-state index in [9.17, 15) is 22.8 Å². The van der Waals surface area contributed by atoms with Crippen molar-refractivity contribution in [1.82, 2.24) is 4.98 Å². The van der Waals surface area contributed by atoms with Gasteiger partial charge in [-0.05, 0) is 23.6 Å². The van der Waals surface area contributed by atoms with E-state index in [1.807, 2.05) is 0 Å². The molecule has 0 aliphatic carbocycles. The number of carbonyl (C=O) groups is 2. The van der Waals surface area contributed by atoms with Crippen molar-refractivity contribution in [2.45, 2.75) is 6.18 Å².